The van der Waals surface area contributed by atoms with E-state index in [-0.39, 0.29) is 6.10 Å². The summed E-state index contributed by atoms with van der Waals surface area (Å²) in [6, 6.07) is 0.352. The van der Waals surface area contributed by atoms with Crippen molar-refractivity contribution in [1.29, 1.82) is 0 Å². The number of ether oxygens (including phenoxy) is 1. The Morgan fingerprint density at radius 3 is 2.59 bits per heavy atom. The van der Waals surface area contributed by atoms with Crippen LogP contribution in [0.2, 0.25) is 5.15 Å². The summed E-state index contributed by atoms with van der Waals surface area (Å²) in [5, 5.41) is 8.36. The second-order valence-corrected chi connectivity index (χ2v) is 4.81. The second kappa shape index (κ2) is 6.38. The second-order valence-electron chi connectivity index (χ2n) is 4.45. The molecule has 5 heteroatoms. The lowest BCUT2D eigenvalue weighted by atomic mass is 10.0. The van der Waals surface area contributed by atoms with E-state index in [4.69, 9.17) is 16.3 Å². The summed E-state index contributed by atoms with van der Waals surface area (Å²) in [7, 11) is 5.57. The number of rotatable bonds is 6. The van der Waals surface area contributed by atoms with Crippen LogP contribution in [-0.4, -0.2) is 36.1 Å². The molecule has 0 amide bonds. The topological polar surface area (TPSA) is 39.1 Å². The van der Waals surface area contributed by atoms with Crippen molar-refractivity contribution in [1.82, 2.24) is 15.1 Å². The van der Waals surface area contributed by atoms with Crippen molar-refractivity contribution in [3.63, 3.8) is 0 Å². The molecule has 0 aliphatic heterocycles. The highest BCUT2D eigenvalue weighted by Crippen LogP contribution is 2.21. The predicted octanol–water partition coefficient (Wildman–Crippen LogP) is 1.94. The fourth-order valence-electron chi connectivity index (χ4n) is 1.95. The lowest BCUT2D eigenvalue weighted by molar-refractivity contribution is 0.101. The zero-order valence-corrected chi connectivity index (χ0v) is 12.0. The van der Waals surface area contributed by atoms with E-state index in [1.54, 1.807) is 11.8 Å². The van der Waals surface area contributed by atoms with Gasteiger partial charge in [0.2, 0.25) is 0 Å². The minimum Gasteiger partial charge on any atom is -0.382 e. The average Bonchev–Trinajstić information content (AvgIpc) is 2.54. The highest BCUT2D eigenvalue weighted by Gasteiger charge is 2.17. The number of aryl methyl sites for hydroxylation is 2. The fraction of sp³-hybridized carbons (Fsp3) is 0.750. The Kier molecular flexibility index (Phi) is 5.43. The molecule has 0 radical (unpaired) electrons. The number of halogens is 1. The van der Waals surface area contributed by atoms with E-state index < -0.39 is 0 Å². The molecule has 0 aliphatic rings. The van der Waals surface area contributed by atoms with Gasteiger partial charge in [0.15, 0.2) is 0 Å². The Bertz CT molecular complexity index is 365. The standard InChI is InChI=1S/C12H22ClN3O/c1-8(17-5)6-10(14-3)7-11-9(2)15-16(4)12(11)13/h8,10,14H,6-7H2,1-5H3. The number of hydrogen-bond donors (Lipinski definition) is 1. The van der Waals surface area contributed by atoms with Gasteiger partial charge in [0, 0.05) is 25.8 Å². The fourth-order valence-corrected chi connectivity index (χ4v) is 2.20. The molecule has 0 spiro atoms. The van der Waals surface area contributed by atoms with Crippen molar-refractivity contribution in [3.05, 3.63) is 16.4 Å². The van der Waals surface area contributed by atoms with E-state index in [1.807, 2.05) is 21.0 Å². The SMILES string of the molecule is CNC(Cc1c(C)nn(C)c1Cl)CC(C)OC. The van der Waals surface area contributed by atoms with Crippen molar-refractivity contribution >= 4 is 11.6 Å². The van der Waals surface area contributed by atoms with Crippen LogP contribution in [0.25, 0.3) is 0 Å². The minimum absolute atomic E-state index is 0.239. The molecule has 0 fully saturated rings. The van der Waals surface area contributed by atoms with Crippen LogP contribution in [0.5, 0.6) is 0 Å². The Balaban J connectivity index is 2.73. The molecule has 1 aromatic heterocycles. The zero-order chi connectivity index (χ0) is 13.0. The smallest absolute Gasteiger partial charge is 0.130 e. The van der Waals surface area contributed by atoms with E-state index >= 15 is 0 Å². The summed E-state index contributed by atoms with van der Waals surface area (Å²) < 4.78 is 7.01. The van der Waals surface area contributed by atoms with Crippen molar-refractivity contribution in [2.45, 2.75) is 38.8 Å². The summed E-state index contributed by atoms with van der Waals surface area (Å²) in [6.07, 6.45) is 2.07. The molecule has 0 aliphatic carbocycles. The van der Waals surface area contributed by atoms with Gasteiger partial charge in [-0.25, -0.2) is 0 Å². The first-order valence-electron chi connectivity index (χ1n) is 5.87. The highest BCUT2D eigenvalue weighted by molar-refractivity contribution is 6.30. The lowest BCUT2D eigenvalue weighted by Crippen LogP contribution is -2.31. The lowest BCUT2D eigenvalue weighted by Gasteiger charge is -2.19. The van der Waals surface area contributed by atoms with Crippen LogP contribution in [0.4, 0.5) is 0 Å². The first-order chi connectivity index (χ1) is 7.99. The van der Waals surface area contributed by atoms with E-state index in [2.05, 4.69) is 17.3 Å². The summed E-state index contributed by atoms with van der Waals surface area (Å²) in [5.41, 5.74) is 2.12. The first-order valence-corrected chi connectivity index (χ1v) is 6.25. The molecule has 0 aromatic carbocycles. The van der Waals surface area contributed by atoms with Gasteiger partial charge in [-0.3, -0.25) is 4.68 Å². The summed E-state index contributed by atoms with van der Waals surface area (Å²) >= 11 is 6.23. The van der Waals surface area contributed by atoms with E-state index in [9.17, 15) is 0 Å². The van der Waals surface area contributed by atoms with Gasteiger partial charge in [-0.2, -0.15) is 5.10 Å². The number of methoxy groups -OCH3 is 1. The maximum atomic E-state index is 6.23. The van der Waals surface area contributed by atoms with Crippen molar-refractivity contribution in [2.24, 2.45) is 7.05 Å². The molecular formula is C12H22ClN3O. The molecule has 1 aromatic rings. The molecule has 1 rings (SSSR count). The van der Waals surface area contributed by atoms with E-state index in [1.165, 1.54) is 0 Å². The Hall–Kier alpha value is -0.580. The number of hydrogen-bond acceptors (Lipinski definition) is 3. The van der Waals surface area contributed by atoms with Gasteiger partial charge in [-0.15, -0.1) is 0 Å². The van der Waals surface area contributed by atoms with Gasteiger partial charge in [0.25, 0.3) is 0 Å². The van der Waals surface area contributed by atoms with E-state index in [0.29, 0.717) is 6.04 Å². The Labute approximate surface area is 108 Å². The molecule has 1 heterocycles. The van der Waals surface area contributed by atoms with Gasteiger partial charge in [-0.05, 0) is 33.7 Å². The minimum atomic E-state index is 0.239. The average molecular weight is 260 g/mol. The van der Waals surface area contributed by atoms with Crippen LogP contribution in [0, 0.1) is 6.92 Å². The molecule has 4 nitrogen and oxygen atoms in total. The molecule has 2 atom stereocenters. The quantitative estimate of drug-likeness (QED) is 0.849. The maximum Gasteiger partial charge on any atom is 0.130 e. The van der Waals surface area contributed by atoms with Crippen molar-refractivity contribution in [2.75, 3.05) is 14.2 Å². The van der Waals surface area contributed by atoms with Crippen molar-refractivity contribution < 1.29 is 4.74 Å². The third-order valence-corrected chi connectivity index (χ3v) is 3.62. The number of nitrogens with one attached hydrogen (secondary N) is 1. The molecule has 2 unspecified atom stereocenters. The summed E-state index contributed by atoms with van der Waals surface area (Å²) in [5.74, 6) is 0. The Morgan fingerprint density at radius 1 is 1.53 bits per heavy atom. The molecule has 17 heavy (non-hydrogen) atoms. The van der Waals surface area contributed by atoms with Crippen LogP contribution in [-0.2, 0) is 18.2 Å². The van der Waals surface area contributed by atoms with Gasteiger partial charge in [0.1, 0.15) is 5.15 Å². The molecule has 1 N–H and O–H groups in total. The van der Waals surface area contributed by atoms with Gasteiger partial charge in [-0.1, -0.05) is 11.6 Å². The molecule has 0 bridgehead atoms. The normalized spacial score (nSPS) is 14.9. The molecule has 0 saturated carbocycles. The predicted molar refractivity (Wildman–Crippen MR) is 70.6 cm³/mol. The first kappa shape index (κ1) is 14.5. The van der Waals surface area contributed by atoms with Crippen LogP contribution in [0.15, 0.2) is 0 Å². The molecular weight excluding hydrogens is 238 g/mol. The van der Waals surface area contributed by atoms with Gasteiger partial charge >= 0.3 is 0 Å². The number of aromatic nitrogens is 2. The number of nitrogens with zero attached hydrogens (tertiary/aromatic N) is 2. The van der Waals surface area contributed by atoms with Crippen LogP contribution >= 0.6 is 11.6 Å². The Morgan fingerprint density at radius 2 is 2.18 bits per heavy atom. The van der Waals surface area contributed by atoms with E-state index in [0.717, 1.165) is 29.3 Å². The molecule has 0 saturated heterocycles. The summed E-state index contributed by atoms with van der Waals surface area (Å²) in [4.78, 5) is 0. The third-order valence-electron chi connectivity index (χ3n) is 3.15. The highest BCUT2D eigenvalue weighted by atomic mass is 35.5. The van der Waals surface area contributed by atoms with Gasteiger partial charge < -0.3 is 10.1 Å². The number of likely N-dealkylation sites (N-methyl/N-ethyl adjacent to an activating group) is 1. The largest absolute Gasteiger partial charge is 0.382 e. The maximum absolute atomic E-state index is 6.23. The van der Waals surface area contributed by atoms with Crippen LogP contribution in [0.1, 0.15) is 24.6 Å². The van der Waals surface area contributed by atoms with Crippen molar-refractivity contribution in [3.8, 4) is 0 Å². The zero-order valence-electron chi connectivity index (χ0n) is 11.2. The molecule has 98 valence electrons. The monoisotopic (exact) mass is 259 g/mol. The summed E-state index contributed by atoms with van der Waals surface area (Å²) in [6.45, 7) is 4.07. The van der Waals surface area contributed by atoms with Crippen LogP contribution in [0.3, 0.4) is 0 Å². The third kappa shape index (κ3) is 3.69. The van der Waals surface area contributed by atoms with Crippen LogP contribution < -0.4 is 5.32 Å². The van der Waals surface area contributed by atoms with Gasteiger partial charge in [0.05, 0.1) is 11.8 Å².